The van der Waals surface area contributed by atoms with Crippen molar-refractivity contribution in [2.24, 2.45) is 5.92 Å². The summed E-state index contributed by atoms with van der Waals surface area (Å²) in [5, 5.41) is 10.1. The first-order chi connectivity index (χ1) is 17.4. The molecule has 2 heterocycles. The summed E-state index contributed by atoms with van der Waals surface area (Å²) >= 11 is -2.55. The number of piperidine rings is 1. The summed E-state index contributed by atoms with van der Waals surface area (Å²) in [5.41, 5.74) is 2.16. The zero-order valence-corrected chi connectivity index (χ0v) is 20.9. The van der Waals surface area contributed by atoms with E-state index in [0.29, 0.717) is 57.9 Å². The van der Waals surface area contributed by atoms with Gasteiger partial charge in [0.15, 0.2) is 0 Å². The average molecular weight is 518 g/mol. The molecule has 2 amide bonds. The summed E-state index contributed by atoms with van der Waals surface area (Å²) in [7, 11) is 1.60. The van der Waals surface area contributed by atoms with E-state index < -0.39 is 29.2 Å². The van der Waals surface area contributed by atoms with Crippen LogP contribution in [-0.4, -0.2) is 88.2 Å². The van der Waals surface area contributed by atoms with Gasteiger partial charge in [0.05, 0.1) is 26.0 Å². The van der Waals surface area contributed by atoms with Gasteiger partial charge in [0, 0.05) is 26.2 Å². The standard InChI is InChI=1S/C25H31N3O7S/c1-34-22-8-4-19(5-9-22)18-2-6-21(7-3-18)28(36(32)33)23(24(29)30)20-10-12-26(13-11-20)25(31)27-14-16-35-17-15-27/h2-9,20,23H,10-17H2,1H3,(H,29,30)(H,32,33). The van der Waals surface area contributed by atoms with Crippen molar-refractivity contribution >= 4 is 29.0 Å². The molecule has 194 valence electrons. The van der Waals surface area contributed by atoms with Crippen LogP contribution in [0.1, 0.15) is 12.8 Å². The number of anilines is 1. The summed E-state index contributed by atoms with van der Waals surface area (Å²) in [6, 6.07) is 13.1. The van der Waals surface area contributed by atoms with Gasteiger partial charge >= 0.3 is 12.0 Å². The normalized spacial score (nSPS) is 18.4. The SMILES string of the molecule is COc1ccc(-c2ccc(N(C(C(=O)O)C3CCN(C(=O)N4CCOCC4)CC3)S(=O)O)cc2)cc1. The number of urea groups is 1. The largest absolute Gasteiger partial charge is 0.497 e. The van der Waals surface area contributed by atoms with Crippen LogP contribution in [0.15, 0.2) is 48.5 Å². The van der Waals surface area contributed by atoms with Gasteiger partial charge in [0.2, 0.25) is 0 Å². The minimum absolute atomic E-state index is 0.0691. The summed E-state index contributed by atoms with van der Waals surface area (Å²) in [5.74, 6) is -0.831. The molecule has 0 spiro atoms. The third-order valence-electron chi connectivity index (χ3n) is 6.76. The van der Waals surface area contributed by atoms with Gasteiger partial charge in [-0.15, -0.1) is 0 Å². The Morgan fingerprint density at radius 3 is 2.00 bits per heavy atom. The third kappa shape index (κ3) is 5.80. The van der Waals surface area contributed by atoms with Crippen LogP contribution in [-0.2, 0) is 20.8 Å². The number of hydrogen-bond donors (Lipinski definition) is 2. The second-order valence-electron chi connectivity index (χ2n) is 8.82. The van der Waals surface area contributed by atoms with Crippen molar-refractivity contribution in [1.29, 1.82) is 0 Å². The molecule has 10 nitrogen and oxygen atoms in total. The monoisotopic (exact) mass is 517 g/mol. The van der Waals surface area contributed by atoms with E-state index >= 15 is 0 Å². The zero-order chi connectivity index (χ0) is 25.7. The Hall–Kier alpha value is -3.15. The summed E-state index contributed by atoms with van der Waals surface area (Å²) in [4.78, 5) is 28.6. The fraction of sp³-hybridized carbons (Fsp3) is 0.440. The van der Waals surface area contributed by atoms with Gasteiger partial charge in [-0.2, -0.15) is 0 Å². The number of amides is 2. The highest BCUT2D eigenvalue weighted by Crippen LogP contribution is 2.31. The molecule has 11 heteroatoms. The van der Waals surface area contributed by atoms with Crippen LogP contribution in [0.2, 0.25) is 0 Å². The molecule has 0 aromatic heterocycles. The first-order valence-corrected chi connectivity index (χ1v) is 12.9. The average Bonchev–Trinajstić information content (AvgIpc) is 2.91. The number of carbonyl (C=O) groups is 2. The van der Waals surface area contributed by atoms with Gasteiger partial charge in [0.25, 0.3) is 11.3 Å². The van der Waals surface area contributed by atoms with Crippen LogP contribution < -0.4 is 9.04 Å². The minimum Gasteiger partial charge on any atom is -0.497 e. The van der Waals surface area contributed by atoms with Crippen molar-refractivity contribution < 1.29 is 32.9 Å². The lowest BCUT2D eigenvalue weighted by Crippen LogP contribution is -2.54. The number of carboxylic acid groups (broad SMARTS) is 1. The van der Waals surface area contributed by atoms with E-state index in [9.17, 15) is 23.5 Å². The molecule has 0 aliphatic carbocycles. The maximum atomic E-state index is 12.8. The second-order valence-corrected chi connectivity index (χ2v) is 9.68. The quantitative estimate of drug-likeness (QED) is 0.542. The highest BCUT2D eigenvalue weighted by atomic mass is 32.2. The Morgan fingerprint density at radius 2 is 1.50 bits per heavy atom. The number of aliphatic carboxylic acids is 1. The van der Waals surface area contributed by atoms with Gasteiger partial charge in [-0.25, -0.2) is 13.8 Å². The van der Waals surface area contributed by atoms with Crippen LogP contribution >= 0.6 is 0 Å². The van der Waals surface area contributed by atoms with Crippen LogP contribution in [0.3, 0.4) is 0 Å². The van der Waals surface area contributed by atoms with Crippen LogP contribution in [0.25, 0.3) is 11.1 Å². The van der Waals surface area contributed by atoms with E-state index in [2.05, 4.69) is 0 Å². The minimum atomic E-state index is -2.55. The molecule has 2 aliphatic rings. The number of carboxylic acids is 1. The second kappa shape index (κ2) is 11.7. The van der Waals surface area contributed by atoms with Gasteiger partial charge in [-0.05, 0) is 54.2 Å². The van der Waals surface area contributed by atoms with Crippen molar-refractivity contribution in [1.82, 2.24) is 9.80 Å². The van der Waals surface area contributed by atoms with Gasteiger partial charge in [-0.1, -0.05) is 24.3 Å². The number of methoxy groups -OCH3 is 1. The van der Waals surface area contributed by atoms with Gasteiger partial charge in [0.1, 0.15) is 11.8 Å². The first kappa shape index (κ1) is 25.9. The summed E-state index contributed by atoms with van der Waals surface area (Å²) < 4.78 is 34.0. The van der Waals surface area contributed by atoms with Crippen molar-refractivity contribution in [3.05, 3.63) is 48.5 Å². The number of benzene rings is 2. The maximum Gasteiger partial charge on any atom is 0.327 e. The number of carbonyl (C=O) groups excluding carboxylic acids is 1. The molecule has 4 rings (SSSR count). The highest BCUT2D eigenvalue weighted by Gasteiger charge is 2.40. The molecule has 2 saturated heterocycles. The molecule has 2 N–H and O–H groups in total. The number of hydrogen-bond acceptors (Lipinski definition) is 5. The van der Waals surface area contributed by atoms with E-state index in [0.717, 1.165) is 21.2 Å². The number of likely N-dealkylation sites (tertiary alicyclic amines) is 1. The topological polar surface area (TPSA) is 120 Å². The molecule has 36 heavy (non-hydrogen) atoms. The number of ether oxygens (including phenoxy) is 2. The number of rotatable bonds is 7. The molecule has 0 saturated carbocycles. The number of nitrogens with zero attached hydrogens (tertiary/aromatic N) is 3. The molecule has 2 unspecified atom stereocenters. The van der Waals surface area contributed by atoms with E-state index in [1.54, 1.807) is 41.2 Å². The van der Waals surface area contributed by atoms with Crippen molar-refractivity contribution in [2.75, 3.05) is 50.8 Å². The molecule has 2 aliphatic heterocycles. The predicted octanol–water partition coefficient (Wildman–Crippen LogP) is 2.92. The Kier molecular flexibility index (Phi) is 8.44. The Morgan fingerprint density at radius 1 is 0.972 bits per heavy atom. The van der Waals surface area contributed by atoms with Crippen LogP contribution in [0.5, 0.6) is 5.75 Å². The molecule has 2 aromatic rings. The van der Waals surface area contributed by atoms with Crippen molar-refractivity contribution in [2.45, 2.75) is 18.9 Å². The Bertz CT molecular complexity index is 1070. The van der Waals surface area contributed by atoms with E-state index in [-0.39, 0.29) is 6.03 Å². The zero-order valence-electron chi connectivity index (χ0n) is 20.1. The fourth-order valence-corrected chi connectivity index (χ4v) is 5.55. The lowest BCUT2D eigenvalue weighted by molar-refractivity contribution is -0.140. The fourth-order valence-electron chi connectivity index (χ4n) is 4.79. The van der Waals surface area contributed by atoms with Crippen molar-refractivity contribution in [3.63, 3.8) is 0 Å². The predicted molar refractivity (Wildman–Crippen MR) is 135 cm³/mol. The first-order valence-electron chi connectivity index (χ1n) is 11.9. The van der Waals surface area contributed by atoms with Crippen molar-refractivity contribution in [3.8, 4) is 16.9 Å². The summed E-state index contributed by atoms with van der Waals surface area (Å²) in [6.07, 6.45) is 0.843. The van der Waals surface area contributed by atoms with Gasteiger partial charge in [-0.3, -0.25) is 8.86 Å². The summed E-state index contributed by atoms with van der Waals surface area (Å²) in [6.45, 7) is 2.90. The van der Waals surface area contributed by atoms with Crippen LogP contribution in [0.4, 0.5) is 10.5 Å². The van der Waals surface area contributed by atoms with E-state index in [4.69, 9.17) is 9.47 Å². The molecular weight excluding hydrogens is 486 g/mol. The number of morpholine rings is 1. The lowest BCUT2D eigenvalue weighted by Gasteiger charge is -2.40. The molecule has 0 radical (unpaired) electrons. The maximum absolute atomic E-state index is 12.8. The Labute approximate surface area is 212 Å². The third-order valence-corrected chi connectivity index (χ3v) is 7.53. The van der Waals surface area contributed by atoms with Crippen LogP contribution in [0, 0.1) is 5.92 Å². The highest BCUT2D eigenvalue weighted by molar-refractivity contribution is 7.80. The van der Waals surface area contributed by atoms with E-state index in [1.807, 2.05) is 24.3 Å². The Balaban J connectivity index is 1.48. The molecule has 2 fully saturated rings. The van der Waals surface area contributed by atoms with Gasteiger partial charge < -0.3 is 24.4 Å². The molecular formula is C25H31N3O7S. The van der Waals surface area contributed by atoms with E-state index in [1.165, 1.54) is 0 Å². The molecule has 0 bridgehead atoms. The smallest absolute Gasteiger partial charge is 0.327 e. The molecule has 2 aromatic carbocycles. The molecule has 2 atom stereocenters. The lowest BCUT2D eigenvalue weighted by atomic mass is 9.89.